The minimum Gasteiger partial charge on any atom is -0.475 e. The molecule has 0 radical (unpaired) electrons. The summed E-state index contributed by atoms with van der Waals surface area (Å²) in [4.78, 5) is 0. The lowest BCUT2D eigenvalue weighted by molar-refractivity contribution is -0.274. The molecule has 4 rings (SSSR count). The van der Waals surface area contributed by atoms with E-state index in [0.717, 1.165) is 30.6 Å². The molecule has 8 heteroatoms. The first-order chi connectivity index (χ1) is 13.5. The van der Waals surface area contributed by atoms with Gasteiger partial charge in [-0.25, -0.2) is 0 Å². The van der Waals surface area contributed by atoms with Crippen LogP contribution in [0.2, 0.25) is 0 Å². The van der Waals surface area contributed by atoms with Crippen molar-refractivity contribution in [1.82, 2.24) is 5.16 Å². The van der Waals surface area contributed by atoms with Crippen LogP contribution in [-0.2, 0) is 4.74 Å². The molecule has 0 unspecified atom stereocenters. The van der Waals surface area contributed by atoms with E-state index < -0.39 is 6.36 Å². The minimum atomic E-state index is -4.71. The molecule has 148 valence electrons. The quantitative estimate of drug-likeness (QED) is 0.596. The molecule has 0 spiro atoms. The number of benzene rings is 2. The molecule has 5 nitrogen and oxygen atoms in total. The monoisotopic (exact) mass is 393 g/mol. The van der Waals surface area contributed by atoms with Crippen molar-refractivity contribution in [1.29, 1.82) is 0 Å². The third-order valence-corrected chi connectivity index (χ3v) is 4.57. The van der Waals surface area contributed by atoms with Crippen LogP contribution in [0.25, 0.3) is 22.1 Å². The molecule has 1 fully saturated rings. The third kappa shape index (κ3) is 4.39. The highest BCUT2D eigenvalue weighted by molar-refractivity contribution is 5.87. The van der Waals surface area contributed by atoms with Crippen molar-refractivity contribution >= 4 is 11.0 Å². The van der Waals surface area contributed by atoms with Gasteiger partial charge in [0.25, 0.3) is 5.88 Å². The van der Waals surface area contributed by atoms with E-state index in [1.165, 1.54) is 12.1 Å². The Morgan fingerprint density at radius 3 is 2.57 bits per heavy atom. The summed E-state index contributed by atoms with van der Waals surface area (Å²) in [5, 5.41) is 4.70. The predicted octanol–water partition coefficient (Wildman–Crippen LogP) is 5.20. The second kappa shape index (κ2) is 7.71. The minimum absolute atomic E-state index is 0.263. The van der Waals surface area contributed by atoms with Gasteiger partial charge in [0.05, 0.1) is 18.6 Å². The maximum atomic E-state index is 12.3. The summed E-state index contributed by atoms with van der Waals surface area (Å²) in [6.45, 7) is 1.96. The van der Waals surface area contributed by atoms with Gasteiger partial charge in [-0.2, -0.15) is 0 Å². The summed E-state index contributed by atoms with van der Waals surface area (Å²) in [7, 11) is 0. The lowest BCUT2D eigenvalue weighted by Gasteiger charge is -2.21. The molecule has 1 aliphatic rings. The van der Waals surface area contributed by atoms with Crippen molar-refractivity contribution in [2.45, 2.75) is 19.2 Å². The van der Waals surface area contributed by atoms with E-state index in [9.17, 15) is 13.2 Å². The fourth-order valence-electron chi connectivity index (χ4n) is 3.18. The maximum Gasteiger partial charge on any atom is 0.573 e. The number of halogens is 3. The second-order valence-corrected chi connectivity index (χ2v) is 6.67. The van der Waals surface area contributed by atoms with Gasteiger partial charge in [-0.05, 0) is 53.4 Å². The Morgan fingerprint density at radius 1 is 1.07 bits per heavy atom. The average molecular weight is 393 g/mol. The fraction of sp³-hybridized carbons (Fsp3) is 0.350. The molecule has 0 bridgehead atoms. The highest BCUT2D eigenvalue weighted by atomic mass is 19.4. The number of hydrogen-bond acceptors (Lipinski definition) is 5. The Morgan fingerprint density at radius 2 is 1.86 bits per heavy atom. The zero-order valence-electron chi connectivity index (χ0n) is 14.9. The van der Waals surface area contributed by atoms with E-state index in [1.54, 1.807) is 18.2 Å². The number of rotatable bonds is 5. The number of hydrogen-bond donors (Lipinski definition) is 0. The summed E-state index contributed by atoms with van der Waals surface area (Å²) in [5.41, 5.74) is 2.13. The van der Waals surface area contributed by atoms with E-state index in [1.807, 2.05) is 12.1 Å². The molecule has 1 aromatic heterocycles. The Bertz CT molecular complexity index is 931. The maximum absolute atomic E-state index is 12.3. The molecule has 28 heavy (non-hydrogen) atoms. The van der Waals surface area contributed by atoms with Crippen LogP contribution in [0.4, 0.5) is 13.2 Å². The van der Waals surface area contributed by atoms with Crippen molar-refractivity contribution in [2.24, 2.45) is 5.92 Å². The summed E-state index contributed by atoms with van der Waals surface area (Å²) < 4.78 is 57.4. The van der Waals surface area contributed by atoms with E-state index in [4.69, 9.17) is 14.0 Å². The van der Waals surface area contributed by atoms with E-state index >= 15 is 0 Å². The summed E-state index contributed by atoms with van der Waals surface area (Å²) in [6.07, 6.45) is -2.64. The molecule has 3 aromatic rings. The lowest BCUT2D eigenvalue weighted by atomic mass is 10.0. The first kappa shape index (κ1) is 18.6. The zero-order valence-corrected chi connectivity index (χ0v) is 14.9. The van der Waals surface area contributed by atoms with Crippen LogP contribution in [0, 0.1) is 5.92 Å². The molecular formula is C20H18F3NO4. The van der Waals surface area contributed by atoms with Crippen LogP contribution in [0.3, 0.4) is 0 Å². The van der Waals surface area contributed by atoms with Crippen molar-refractivity contribution in [2.75, 3.05) is 19.8 Å². The van der Waals surface area contributed by atoms with Crippen molar-refractivity contribution in [3.8, 4) is 22.8 Å². The first-order valence-electron chi connectivity index (χ1n) is 8.94. The predicted molar refractivity (Wildman–Crippen MR) is 95.2 cm³/mol. The van der Waals surface area contributed by atoms with Crippen LogP contribution < -0.4 is 9.47 Å². The Labute approximate surface area is 159 Å². The molecule has 1 atom stereocenters. The van der Waals surface area contributed by atoms with Crippen molar-refractivity contribution < 1.29 is 31.9 Å². The highest BCUT2D eigenvalue weighted by Crippen LogP contribution is 2.32. The van der Waals surface area contributed by atoms with E-state index in [0.29, 0.717) is 36.0 Å². The summed E-state index contributed by atoms with van der Waals surface area (Å²) in [5.74, 6) is 0.463. The molecule has 1 saturated heterocycles. The molecule has 0 N–H and O–H groups in total. The molecular weight excluding hydrogens is 375 g/mol. The molecule has 0 amide bonds. The van der Waals surface area contributed by atoms with Crippen LogP contribution in [-0.4, -0.2) is 31.3 Å². The van der Waals surface area contributed by atoms with Crippen molar-refractivity contribution in [3.63, 3.8) is 0 Å². The van der Waals surface area contributed by atoms with Crippen molar-refractivity contribution in [3.05, 3.63) is 42.5 Å². The van der Waals surface area contributed by atoms with Crippen LogP contribution in [0.1, 0.15) is 12.8 Å². The second-order valence-electron chi connectivity index (χ2n) is 6.67. The van der Waals surface area contributed by atoms with Crippen LogP contribution >= 0.6 is 0 Å². The topological polar surface area (TPSA) is 53.7 Å². The first-order valence-corrected chi connectivity index (χ1v) is 8.94. The van der Waals surface area contributed by atoms with Crippen LogP contribution in [0.5, 0.6) is 11.6 Å². The van der Waals surface area contributed by atoms with Gasteiger partial charge in [0.2, 0.25) is 0 Å². The normalized spacial score (nSPS) is 17.6. The van der Waals surface area contributed by atoms with Gasteiger partial charge in [-0.1, -0.05) is 18.2 Å². The molecule has 2 heterocycles. The Balaban J connectivity index is 1.52. The van der Waals surface area contributed by atoms with Gasteiger partial charge >= 0.3 is 6.36 Å². The Kier molecular flexibility index (Phi) is 5.13. The number of nitrogens with zero attached hydrogens (tertiary/aromatic N) is 1. The average Bonchev–Trinajstić information content (AvgIpc) is 3.09. The van der Waals surface area contributed by atoms with Gasteiger partial charge in [-0.3, -0.25) is 0 Å². The standard InChI is InChI=1S/C20H18F3NO4/c21-20(22,23)27-16-6-3-14(4-7-16)15-5-8-18-17(10-15)19(24-28-18)26-12-13-2-1-9-25-11-13/h3-8,10,13H,1-2,9,11-12H2/t13-/m1/s1. The number of ether oxygens (including phenoxy) is 3. The summed E-state index contributed by atoms with van der Waals surface area (Å²) in [6, 6.07) is 11.1. The van der Waals surface area contributed by atoms with Gasteiger partial charge in [0.1, 0.15) is 5.75 Å². The van der Waals surface area contributed by atoms with E-state index in [-0.39, 0.29) is 5.75 Å². The third-order valence-electron chi connectivity index (χ3n) is 4.57. The van der Waals surface area contributed by atoms with Gasteiger partial charge in [0.15, 0.2) is 5.58 Å². The molecule has 1 aliphatic heterocycles. The molecule has 0 saturated carbocycles. The zero-order chi connectivity index (χ0) is 19.6. The number of aromatic nitrogens is 1. The smallest absolute Gasteiger partial charge is 0.475 e. The molecule has 0 aliphatic carbocycles. The Hall–Kier alpha value is -2.74. The van der Waals surface area contributed by atoms with Gasteiger partial charge in [0, 0.05) is 12.5 Å². The van der Waals surface area contributed by atoms with Gasteiger partial charge < -0.3 is 18.7 Å². The highest BCUT2D eigenvalue weighted by Gasteiger charge is 2.31. The lowest BCUT2D eigenvalue weighted by Crippen LogP contribution is -2.23. The van der Waals surface area contributed by atoms with Gasteiger partial charge in [-0.15, -0.1) is 13.2 Å². The van der Waals surface area contributed by atoms with E-state index in [2.05, 4.69) is 9.89 Å². The summed E-state index contributed by atoms with van der Waals surface area (Å²) >= 11 is 0. The SMILES string of the molecule is FC(F)(F)Oc1ccc(-c2ccc3onc(OC[C@@H]4CCCOC4)c3c2)cc1. The number of fused-ring (bicyclic) bond motifs is 1. The largest absolute Gasteiger partial charge is 0.573 e. The number of alkyl halides is 3. The fourth-order valence-corrected chi connectivity index (χ4v) is 3.18. The molecule has 2 aromatic carbocycles. The van der Waals surface area contributed by atoms with Crippen LogP contribution in [0.15, 0.2) is 47.0 Å².